The molecule has 0 atom stereocenters. The lowest BCUT2D eigenvalue weighted by Crippen LogP contribution is -2.45. The Kier molecular flexibility index (Phi) is 3.95. The molecule has 2 heterocycles. The summed E-state index contributed by atoms with van der Waals surface area (Å²) in [5, 5.41) is 3.46. The molecule has 4 nitrogen and oxygen atoms in total. The predicted molar refractivity (Wildman–Crippen MR) is 112 cm³/mol. The van der Waals surface area contributed by atoms with Crippen LogP contribution in [-0.2, 0) is 11.2 Å². The molecule has 4 heteroatoms. The minimum Gasteiger partial charge on any atom is -0.358 e. The van der Waals surface area contributed by atoms with Crippen LogP contribution in [0.15, 0.2) is 58.7 Å². The predicted octanol–water partition coefficient (Wildman–Crippen LogP) is 4.42. The number of aryl methyl sites for hydroxylation is 2. The number of hydrogen-bond acceptors (Lipinski definition) is 3. The van der Waals surface area contributed by atoms with E-state index in [0.717, 1.165) is 34.9 Å². The van der Waals surface area contributed by atoms with Gasteiger partial charge in [0.05, 0.1) is 5.57 Å². The largest absolute Gasteiger partial charge is 0.358 e. The molecule has 4 rings (SSSR count). The second-order valence-electron chi connectivity index (χ2n) is 7.87. The second-order valence-corrected chi connectivity index (χ2v) is 7.87. The van der Waals surface area contributed by atoms with E-state index in [1.807, 2.05) is 26.0 Å². The highest BCUT2D eigenvalue weighted by molar-refractivity contribution is 6.37. The van der Waals surface area contributed by atoms with Crippen molar-refractivity contribution in [2.45, 2.75) is 39.7 Å². The molecule has 0 aliphatic carbocycles. The molecule has 0 saturated carbocycles. The SMILES string of the molecule is CN=C1C(=C2Cc3ccccc3N2)C(=O)C(C)(C)N1c1ccc(C)cc1C. The summed E-state index contributed by atoms with van der Waals surface area (Å²) < 4.78 is 0. The quantitative estimate of drug-likeness (QED) is 0.767. The van der Waals surface area contributed by atoms with Gasteiger partial charge in [-0.25, -0.2) is 0 Å². The molecule has 138 valence electrons. The lowest BCUT2D eigenvalue weighted by atomic mass is 9.95. The number of carbonyl (C=O) groups is 1. The maximum absolute atomic E-state index is 13.5. The Hall–Kier alpha value is -2.88. The zero-order valence-electron chi connectivity index (χ0n) is 16.6. The number of nitrogens with zero attached hydrogens (tertiary/aromatic N) is 2. The molecule has 27 heavy (non-hydrogen) atoms. The minimum absolute atomic E-state index is 0.110. The number of aliphatic imine (C=N–C) groups is 1. The third kappa shape index (κ3) is 2.59. The maximum atomic E-state index is 13.5. The summed E-state index contributed by atoms with van der Waals surface area (Å²) in [6.07, 6.45) is 0.729. The number of nitrogens with one attached hydrogen (secondary N) is 1. The van der Waals surface area contributed by atoms with E-state index < -0.39 is 5.54 Å². The van der Waals surface area contributed by atoms with Gasteiger partial charge in [0.1, 0.15) is 11.4 Å². The molecular formula is C23H25N3O. The Morgan fingerprint density at radius 3 is 2.52 bits per heavy atom. The molecule has 0 spiro atoms. The number of ketones is 1. The monoisotopic (exact) mass is 359 g/mol. The van der Waals surface area contributed by atoms with Crippen LogP contribution >= 0.6 is 0 Å². The normalized spacial score (nSPS) is 22.3. The zero-order valence-corrected chi connectivity index (χ0v) is 16.6. The van der Waals surface area contributed by atoms with Crippen LogP contribution in [-0.4, -0.2) is 24.2 Å². The number of Topliss-reactive ketones (excluding diaryl/α,β-unsaturated/α-hetero) is 1. The van der Waals surface area contributed by atoms with Gasteiger partial charge in [0, 0.05) is 30.5 Å². The van der Waals surface area contributed by atoms with Gasteiger partial charge in [0.25, 0.3) is 0 Å². The van der Waals surface area contributed by atoms with E-state index in [0.29, 0.717) is 5.57 Å². The summed E-state index contributed by atoms with van der Waals surface area (Å²) in [5.74, 6) is 0.852. The molecule has 0 aromatic heterocycles. The molecule has 1 fully saturated rings. The van der Waals surface area contributed by atoms with Gasteiger partial charge in [0.2, 0.25) is 0 Å². The van der Waals surface area contributed by atoms with Crippen molar-refractivity contribution >= 4 is 23.0 Å². The molecule has 0 unspecified atom stereocenters. The van der Waals surface area contributed by atoms with Crippen molar-refractivity contribution in [3.8, 4) is 0 Å². The molecule has 0 radical (unpaired) electrons. The average molecular weight is 359 g/mol. The van der Waals surface area contributed by atoms with Gasteiger partial charge in [-0.05, 0) is 51.0 Å². The van der Waals surface area contributed by atoms with Crippen molar-refractivity contribution in [2.24, 2.45) is 4.99 Å². The van der Waals surface area contributed by atoms with Crippen molar-refractivity contribution < 1.29 is 4.79 Å². The summed E-state index contributed by atoms with van der Waals surface area (Å²) in [6.45, 7) is 8.13. The van der Waals surface area contributed by atoms with Crippen molar-refractivity contribution in [3.63, 3.8) is 0 Å². The third-order valence-corrected chi connectivity index (χ3v) is 5.55. The van der Waals surface area contributed by atoms with Crippen LogP contribution in [0, 0.1) is 13.8 Å². The van der Waals surface area contributed by atoms with E-state index in [4.69, 9.17) is 0 Å². The van der Waals surface area contributed by atoms with E-state index in [2.05, 4.69) is 59.4 Å². The Balaban J connectivity index is 1.87. The fourth-order valence-electron chi connectivity index (χ4n) is 4.19. The van der Waals surface area contributed by atoms with E-state index in [-0.39, 0.29) is 5.78 Å². The topological polar surface area (TPSA) is 44.7 Å². The number of rotatable bonds is 1. The molecule has 2 aliphatic rings. The Morgan fingerprint density at radius 2 is 1.85 bits per heavy atom. The number of allylic oxidation sites excluding steroid dienone is 1. The number of benzene rings is 2. The lowest BCUT2D eigenvalue weighted by molar-refractivity contribution is -0.118. The van der Waals surface area contributed by atoms with Crippen LogP contribution in [0.1, 0.15) is 30.5 Å². The van der Waals surface area contributed by atoms with Gasteiger partial charge in [-0.15, -0.1) is 0 Å². The van der Waals surface area contributed by atoms with Crippen molar-refractivity contribution in [1.82, 2.24) is 0 Å². The molecule has 2 aliphatic heterocycles. The highest BCUT2D eigenvalue weighted by Crippen LogP contribution is 2.41. The second kappa shape index (κ2) is 6.08. The Morgan fingerprint density at radius 1 is 1.11 bits per heavy atom. The molecular weight excluding hydrogens is 334 g/mol. The summed E-state index contributed by atoms with van der Waals surface area (Å²) in [4.78, 5) is 20.1. The van der Waals surface area contributed by atoms with Gasteiger partial charge in [-0.1, -0.05) is 35.9 Å². The highest BCUT2D eigenvalue weighted by Gasteiger charge is 2.50. The first kappa shape index (κ1) is 17.5. The smallest absolute Gasteiger partial charge is 0.193 e. The number of fused-ring (bicyclic) bond motifs is 1. The van der Waals surface area contributed by atoms with Crippen LogP contribution in [0.3, 0.4) is 0 Å². The standard InChI is InChI=1S/C23H25N3O/c1-14-10-11-19(15(2)12-14)26-22(24-5)20(21(27)23(26,3)4)18-13-16-8-6-7-9-17(16)25-18/h6-12,25H,13H2,1-5H3. The van der Waals surface area contributed by atoms with Crippen LogP contribution in [0.4, 0.5) is 11.4 Å². The summed E-state index contributed by atoms with van der Waals surface area (Å²) in [5.41, 5.74) is 6.64. The van der Waals surface area contributed by atoms with Gasteiger partial charge >= 0.3 is 0 Å². The molecule has 0 amide bonds. The summed E-state index contributed by atoms with van der Waals surface area (Å²) >= 11 is 0. The molecule has 0 bridgehead atoms. The third-order valence-electron chi connectivity index (χ3n) is 5.55. The van der Waals surface area contributed by atoms with Gasteiger partial charge in [-0.2, -0.15) is 0 Å². The number of anilines is 2. The number of amidine groups is 1. The molecule has 2 aromatic carbocycles. The number of hydrogen-bond donors (Lipinski definition) is 1. The van der Waals surface area contributed by atoms with E-state index in [1.54, 1.807) is 7.05 Å². The number of carbonyl (C=O) groups excluding carboxylic acids is 1. The molecule has 1 N–H and O–H groups in total. The molecule has 2 aromatic rings. The maximum Gasteiger partial charge on any atom is 0.193 e. The summed E-state index contributed by atoms with van der Waals surface area (Å²) in [7, 11) is 1.77. The van der Waals surface area contributed by atoms with Crippen LogP contribution in [0.2, 0.25) is 0 Å². The molecule has 1 saturated heterocycles. The van der Waals surface area contributed by atoms with Gasteiger partial charge in [-0.3, -0.25) is 9.79 Å². The first-order valence-corrected chi connectivity index (χ1v) is 9.32. The Bertz CT molecular complexity index is 987. The van der Waals surface area contributed by atoms with E-state index >= 15 is 0 Å². The zero-order chi connectivity index (χ0) is 19.3. The highest BCUT2D eigenvalue weighted by atomic mass is 16.1. The lowest BCUT2D eigenvalue weighted by Gasteiger charge is -2.32. The minimum atomic E-state index is -0.687. The van der Waals surface area contributed by atoms with Crippen LogP contribution in [0.25, 0.3) is 0 Å². The van der Waals surface area contributed by atoms with Gasteiger partial charge in [0.15, 0.2) is 5.78 Å². The fourth-order valence-corrected chi connectivity index (χ4v) is 4.19. The van der Waals surface area contributed by atoms with Crippen LogP contribution < -0.4 is 10.2 Å². The average Bonchev–Trinajstić information content (AvgIpc) is 3.13. The van der Waals surface area contributed by atoms with E-state index in [9.17, 15) is 4.79 Å². The van der Waals surface area contributed by atoms with Gasteiger partial charge < -0.3 is 10.2 Å². The first-order chi connectivity index (χ1) is 12.8. The first-order valence-electron chi connectivity index (χ1n) is 9.32. The summed E-state index contributed by atoms with van der Waals surface area (Å²) in [6, 6.07) is 14.5. The van der Waals surface area contributed by atoms with Crippen molar-refractivity contribution in [2.75, 3.05) is 17.3 Å². The number of para-hydroxylation sites is 1. The van der Waals surface area contributed by atoms with Crippen molar-refractivity contribution in [3.05, 3.63) is 70.4 Å². The van der Waals surface area contributed by atoms with E-state index in [1.165, 1.54) is 11.1 Å². The van der Waals surface area contributed by atoms with Crippen molar-refractivity contribution in [1.29, 1.82) is 0 Å². The van der Waals surface area contributed by atoms with Crippen LogP contribution in [0.5, 0.6) is 0 Å². The Labute approximate surface area is 160 Å². The fraction of sp³-hybridized carbons (Fsp3) is 0.304.